The Kier molecular flexibility index (Phi) is 6.73. The van der Waals surface area contributed by atoms with Gasteiger partial charge in [0.15, 0.2) is 6.61 Å². The van der Waals surface area contributed by atoms with Crippen molar-refractivity contribution in [3.8, 4) is 0 Å². The summed E-state index contributed by atoms with van der Waals surface area (Å²) in [6.45, 7) is 1.56. The van der Waals surface area contributed by atoms with Crippen LogP contribution in [0.2, 0.25) is 0 Å². The molecule has 0 aliphatic rings. The van der Waals surface area contributed by atoms with Crippen molar-refractivity contribution in [1.82, 2.24) is 15.5 Å². The first-order valence-electron chi connectivity index (χ1n) is 9.48. The van der Waals surface area contributed by atoms with Gasteiger partial charge in [-0.05, 0) is 31.4 Å². The maximum atomic E-state index is 12.1. The molecule has 0 spiro atoms. The summed E-state index contributed by atoms with van der Waals surface area (Å²) in [5.74, 6) is -0.931. The lowest BCUT2D eigenvalue weighted by Crippen LogP contribution is -2.36. The minimum atomic E-state index is -0.582. The standard InChI is InChI=1S/C22H23N3O4/c1-15(11-12-16-7-3-2-4-8-16)23-20(26)14-29-21(27)13-19-17-9-5-6-10-18(17)22(28)25-24-19/h2-10,15H,11-14H2,1H3,(H,23,26)(H,25,28)/t15-/m0/s1. The summed E-state index contributed by atoms with van der Waals surface area (Å²) in [6.07, 6.45) is 1.51. The number of aromatic amines is 1. The van der Waals surface area contributed by atoms with Gasteiger partial charge >= 0.3 is 5.97 Å². The van der Waals surface area contributed by atoms with E-state index in [1.54, 1.807) is 24.3 Å². The Labute approximate surface area is 168 Å². The van der Waals surface area contributed by atoms with Crippen LogP contribution in [0.25, 0.3) is 10.8 Å². The van der Waals surface area contributed by atoms with Gasteiger partial charge in [-0.2, -0.15) is 5.10 Å². The fraction of sp³-hybridized carbons (Fsp3) is 0.273. The van der Waals surface area contributed by atoms with Crippen LogP contribution in [0.15, 0.2) is 59.4 Å². The molecule has 7 heteroatoms. The number of nitrogens with zero attached hydrogens (tertiary/aromatic N) is 1. The van der Waals surface area contributed by atoms with Crippen LogP contribution in [0.1, 0.15) is 24.6 Å². The number of amides is 1. The maximum Gasteiger partial charge on any atom is 0.312 e. The van der Waals surface area contributed by atoms with Crippen LogP contribution in [0, 0.1) is 0 Å². The van der Waals surface area contributed by atoms with Crippen molar-refractivity contribution in [2.45, 2.75) is 32.2 Å². The minimum Gasteiger partial charge on any atom is -0.455 e. The van der Waals surface area contributed by atoms with Crippen LogP contribution in [0.3, 0.4) is 0 Å². The summed E-state index contributed by atoms with van der Waals surface area (Å²) in [6, 6.07) is 16.9. The first-order chi connectivity index (χ1) is 14.0. The summed E-state index contributed by atoms with van der Waals surface area (Å²) < 4.78 is 5.07. The topological polar surface area (TPSA) is 101 Å². The van der Waals surface area contributed by atoms with Gasteiger partial charge in [-0.25, -0.2) is 5.10 Å². The SMILES string of the molecule is C[C@@H](CCc1ccccc1)NC(=O)COC(=O)Cc1n[nH]c(=O)c2ccccc12. The molecule has 1 aromatic heterocycles. The molecule has 1 amide bonds. The number of carbonyl (C=O) groups is 2. The molecule has 2 N–H and O–H groups in total. The van der Waals surface area contributed by atoms with E-state index in [4.69, 9.17) is 4.74 Å². The summed E-state index contributed by atoms with van der Waals surface area (Å²) in [4.78, 5) is 35.9. The molecule has 0 aliphatic heterocycles. The summed E-state index contributed by atoms with van der Waals surface area (Å²) in [5.41, 5.74) is 1.30. The highest BCUT2D eigenvalue weighted by Crippen LogP contribution is 2.13. The number of aryl methyl sites for hydroxylation is 1. The van der Waals surface area contributed by atoms with E-state index in [1.165, 1.54) is 5.56 Å². The van der Waals surface area contributed by atoms with E-state index in [0.717, 1.165) is 12.8 Å². The average molecular weight is 393 g/mol. The Morgan fingerprint density at radius 2 is 1.76 bits per heavy atom. The first kappa shape index (κ1) is 20.3. The van der Waals surface area contributed by atoms with Gasteiger partial charge in [-0.1, -0.05) is 48.5 Å². The predicted octanol–water partition coefficient (Wildman–Crippen LogP) is 2.15. The van der Waals surface area contributed by atoms with Crippen molar-refractivity contribution in [2.24, 2.45) is 0 Å². The van der Waals surface area contributed by atoms with Crippen LogP contribution in [0.4, 0.5) is 0 Å². The molecule has 0 aliphatic carbocycles. The van der Waals surface area contributed by atoms with Crippen molar-refractivity contribution >= 4 is 22.6 Å². The molecule has 0 bridgehead atoms. The second-order valence-electron chi connectivity index (χ2n) is 6.88. The zero-order valence-corrected chi connectivity index (χ0v) is 16.2. The van der Waals surface area contributed by atoms with Crippen LogP contribution < -0.4 is 10.9 Å². The number of hydrogen-bond donors (Lipinski definition) is 2. The normalized spacial score (nSPS) is 11.8. The molecule has 3 rings (SSSR count). The van der Waals surface area contributed by atoms with Crippen molar-refractivity contribution in [1.29, 1.82) is 0 Å². The molecule has 0 radical (unpaired) electrons. The van der Waals surface area contributed by atoms with E-state index in [-0.39, 0.29) is 30.5 Å². The number of benzene rings is 2. The Bertz CT molecular complexity index is 1050. The fourth-order valence-corrected chi connectivity index (χ4v) is 3.06. The zero-order valence-electron chi connectivity index (χ0n) is 16.2. The third-order valence-electron chi connectivity index (χ3n) is 4.57. The second kappa shape index (κ2) is 9.64. The van der Waals surface area contributed by atoms with Gasteiger partial charge in [0, 0.05) is 11.4 Å². The number of rotatable bonds is 8. The number of H-pyrrole nitrogens is 1. The second-order valence-corrected chi connectivity index (χ2v) is 6.88. The fourth-order valence-electron chi connectivity index (χ4n) is 3.06. The predicted molar refractivity (Wildman–Crippen MR) is 109 cm³/mol. The molecule has 0 fully saturated rings. The van der Waals surface area contributed by atoms with Gasteiger partial charge < -0.3 is 10.1 Å². The lowest BCUT2D eigenvalue weighted by Gasteiger charge is -2.14. The molecule has 29 heavy (non-hydrogen) atoms. The number of carbonyl (C=O) groups excluding carboxylic acids is 2. The minimum absolute atomic E-state index is 0.0359. The zero-order chi connectivity index (χ0) is 20.6. The molecule has 0 saturated heterocycles. The monoisotopic (exact) mass is 393 g/mol. The van der Waals surface area contributed by atoms with Crippen LogP contribution >= 0.6 is 0 Å². The van der Waals surface area contributed by atoms with Crippen molar-refractivity contribution in [3.63, 3.8) is 0 Å². The maximum absolute atomic E-state index is 12.1. The number of ether oxygens (including phenoxy) is 1. The van der Waals surface area contributed by atoms with Gasteiger partial charge in [0.25, 0.3) is 11.5 Å². The van der Waals surface area contributed by atoms with Crippen molar-refractivity contribution in [3.05, 3.63) is 76.2 Å². The Balaban J connectivity index is 1.46. The number of esters is 1. The smallest absolute Gasteiger partial charge is 0.312 e. The van der Waals surface area contributed by atoms with E-state index < -0.39 is 5.97 Å². The molecule has 3 aromatic rings. The number of nitrogens with one attached hydrogen (secondary N) is 2. The quantitative estimate of drug-likeness (QED) is 0.571. The Morgan fingerprint density at radius 1 is 1.07 bits per heavy atom. The van der Waals surface area contributed by atoms with Gasteiger partial charge in [0.05, 0.1) is 17.5 Å². The number of hydrogen-bond acceptors (Lipinski definition) is 5. The summed E-state index contributed by atoms with van der Waals surface area (Å²) in [7, 11) is 0. The molecule has 150 valence electrons. The van der Waals surface area contributed by atoms with Gasteiger partial charge in [-0.15, -0.1) is 0 Å². The lowest BCUT2D eigenvalue weighted by atomic mass is 10.1. The van der Waals surface area contributed by atoms with E-state index in [0.29, 0.717) is 16.5 Å². The molecular formula is C22H23N3O4. The number of aromatic nitrogens is 2. The van der Waals surface area contributed by atoms with E-state index in [1.807, 2.05) is 37.3 Å². The highest BCUT2D eigenvalue weighted by atomic mass is 16.5. The molecular weight excluding hydrogens is 370 g/mol. The molecule has 2 aromatic carbocycles. The number of fused-ring (bicyclic) bond motifs is 1. The van der Waals surface area contributed by atoms with E-state index >= 15 is 0 Å². The Hall–Kier alpha value is -3.48. The summed E-state index contributed by atoms with van der Waals surface area (Å²) in [5, 5.41) is 10.2. The van der Waals surface area contributed by atoms with Crippen molar-refractivity contribution < 1.29 is 14.3 Å². The molecule has 0 saturated carbocycles. The molecule has 7 nitrogen and oxygen atoms in total. The van der Waals surface area contributed by atoms with Gasteiger partial charge in [0.2, 0.25) is 0 Å². The van der Waals surface area contributed by atoms with Crippen LogP contribution in [-0.2, 0) is 27.2 Å². The Morgan fingerprint density at radius 3 is 2.52 bits per heavy atom. The molecule has 1 heterocycles. The summed E-state index contributed by atoms with van der Waals surface area (Å²) >= 11 is 0. The van der Waals surface area contributed by atoms with Crippen LogP contribution in [-0.4, -0.2) is 34.7 Å². The van der Waals surface area contributed by atoms with E-state index in [9.17, 15) is 14.4 Å². The molecule has 1 atom stereocenters. The third-order valence-corrected chi connectivity index (χ3v) is 4.57. The average Bonchev–Trinajstić information content (AvgIpc) is 2.74. The molecule has 0 unspecified atom stereocenters. The first-order valence-corrected chi connectivity index (χ1v) is 9.48. The van der Waals surface area contributed by atoms with Gasteiger partial charge in [0.1, 0.15) is 0 Å². The lowest BCUT2D eigenvalue weighted by molar-refractivity contribution is -0.148. The largest absolute Gasteiger partial charge is 0.455 e. The third kappa shape index (κ3) is 5.75. The highest BCUT2D eigenvalue weighted by Gasteiger charge is 2.14. The highest BCUT2D eigenvalue weighted by molar-refractivity contribution is 5.87. The van der Waals surface area contributed by atoms with E-state index in [2.05, 4.69) is 15.5 Å². The van der Waals surface area contributed by atoms with Crippen LogP contribution in [0.5, 0.6) is 0 Å². The van der Waals surface area contributed by atoms with Gasteiger partial charge in [-0.3, -0.25) is 14.4 Å². The van der Waals surface area contributed by atoms with Crippen molar-refractivity contribution in [2.75, 3.05) is 6.61 Å².